The first-order valence-electron chi connectivity index (χ1n) is 9.14. The van der Waals surface area contributed by atoms with Gasteiger partial charge < -0.3 is 15.4 Å². The van der Waals surface area contributed by atoms with Crippen LogP contribution in [0.3, 0.4) is 0 Å². The molecule has 0 saturated heterocycles. The normalized spacial score (nSPS) is 11.6. The van der Waals surface area contributed by atoms with Gasteiger partial charge in [-0.05, 0) is 61.2 Å². The Morgan fingerprint density at radius 3 is 2.24 bits per heavy atom. The molecule has 0 bridgehead atoms. The summed E-state index contributed by atoms with van der Waals surface area (Å²) in [6, 6.07) is 11.5. The first-order valence-corrected chi connectivity index (χ1v) is 11.0. The molecule has 2 aromatic rings. The van der Waals surface area contributed by atoms with Gasteiger partial charge in [-0.1, -0.05) is 18.2 Å². The van der Waals surface area contributed by atoms with Crippen molar-refractivity contribution < 1.29 is 13.2 Å². The highest BCUT2D eigenvalue weighted by Crippen LogP contribution is 2.17. The highest BCUT2D eigenvalue weighted by atomic mass is 127. The molecule has 0 radical (unpaired) electrons. The molecule has 0 unspecified atom stereocenters. The molecule has 2 rings (SSSR count). The molecule has 0 atom stereocenters. The minimum Gasteiger partial charge on any atom is -0.492 e. The number of sulfone groups is 1. The van der Waals surface area contributed by atoms with Gasteiger partial charge in [-0.3, -0.25) is 4.99 Å². The third kappa shape index (κ3) is 8.22. The van der Waals surface area contributed by atoms with E-state index in [9.17, 15) is 8.42 Å². The Labute approximate surface area is 191 Å². The number of ether oxygens (including phenoxy) is 1. The van der Waals surface area contributed by atoms with Crippen LogP contribution in [0, 0.1) is 20.8 Å². The fourth-order valence-electron chi connectivity index (χ4n) is 3.00. The Balaban J connectivity index is 0.00000420. The van der Waals surface area contributed by atoms with Crippen LogP contribution in [0.25, 0.3) is 0 Å². The van der Waals surface area contributed by atoms with Crippen LogP contribution < -0.4 is 15.4 Å². The van der Waals surface area contributed by atoms with Gasteiger partial charge in [0.25, 0.3) is 0 Å². The Bertz CT molecular complexity index is 939. The standard InChI is InChI=1S/C21H29N3O3S.HI/c1-15-10-16(2)12-19(11-15)27-9-8-23-21(22-4)24-14-18-6-7-20(17(3)13-18)28(5,25)26;/h6-7,10-13H,8-9,14H2,1-5H3,(H2,22,23,24);1H. The molecule has 0 aliphatic heterocycles. The minimum atomic E-state index is -3.20. The average Bonchev–Trinajstić information content (AvgIpc) is 2.59. The molecular weight excluding hydrogens is 501 g/mol. The zero-order valence-electron chi connectivity index (χ0n) is 17.6. The van der Waals surface area contributed by atoms with Crippen LogP contribution in [0.2, 0.25) is 0 Å². The molecule has 2 N–H and O–H groups in total. The molecule has 0 aliphatic carbocycles. The smallest absolute Gasteiger partial charge is 0.191 e. The van der Waals surface area contributed by atoms with E-state index < -0.39 is 9.84 Å². The van der Waals surface area contributed by atoms with Gasteiger partial charge in [0.1, 0.15) is 12.4 Å². The predicted octanol–water partition coefficient (Wildman–Crippen LogP) is 3.38. The van der Waals surface area contributed by atoms with E-state index in [-0.39, 0.29) is 24.0 Å². The molecule has 29 heavy (non-hydrogen) atoms. The number of nitrogens with zero attached hydrogens (tertiary/aromatic N) is 1. The van der Waals surface area contributed by atoms with E-state index >= 15 is 0 Å². The lowest BCUT2D eigenvalue weighted by atomic mass is 10.1. The van der Waals surface area contributed by atoms with Crippen LogP contribution in [-0.4, -0.2) is 40.8 Å². The Morgan fingerprint density at radius 2 is 1.69 bits per heavy atom. The molecule has 0 fully saturated rings. The summed E-state index contributed by atoms with van der Waals surface area (Å²) in [5.41, 5.74) is 4.08. The first kappa shape index (κ1) is 25.2. The van der Waals surface area contributed by atoms with Gasteiger partial charge >= 0.3 is 0 Å². The van der Waals surface area contributed by atoms with Crippen LogP contribution in [0.1, 0.15) is 22.3 Å². The molecule has 6 nitrogen and oxygen atoms in total. The van der Waals surface area contributed by atoms with Gasteiger partial charge in [0.2, 0.25) is 0 Å². The van der Waals surface area contributed by atoms with Gasteiger partial charge in [-0.2, -0.15) is 0 Å². The number of aliphatic imine (C=N–C) groups is 1. The van der Waals surface area contributed by atoms with E-state index in [1.165, 1.54) is 17.4 Å². The second kappa shape index (κ2) is 11.4. The minimum absolute atomic E-state index is 0. The number of hydrogen-bond acceptors (Lipinski definition) is 4. The maximum atomic E-state index is 11.7. The van der Waals surface area contributed by atoms with Crippen molar-refractivity contribution in [2.24, 2.45) is 4.99 Å². The molecule has 0 heterocycles. The number of hydrogen-bond donors (Lipinski definition) is 2. The van der Waals surface area contributed by atoms with Crippen molar-refractivity contribution in [3.63, 3.8) is 0 Å². The molecule has 0 spiro atoms. The number of halogens is 1. The van der Waals surface area contributed by atoms with Crippen molar-refractivity contribution >= 4 is 39.8 Å². The summed E-state index contributed by atoms with van der Waals surface area (Å²) in [5.74, 6) is 1.53. The van der Waals surface area contributed by atoms with Gasteiger partial charge in [-0.25, -0.2) is 8.42 Å². The largest absolute Gasteiger partial charge is 0.492 e. The number of benzene rings is 2. The topological polar surface area (TPSA) is 79.8 Å². The third-order valence-corrected chi connectivity index (χ3v) is 5.44. The summed E-state index contributed by atoms with van der Waals surface area (Å²) in [7, 11) is -1.49. The van der Waals surface area contributed by atoms with Crippen molar-refractivity contribution in [3.8, 4) is 5.75 Å². The number of nitrogens with one attached hydrogen (secondary N) is 2. The lowest BCUT2D eigenvalue weighted by Gasteiger charge is -2.14. The lowest BCUT2D eigenvalue weighted by molar-refractivity contribution is 0.321. The first-order chi connectivity index (χ1) is 13.2. The highest BCUT2D eigenvalue weighted by molar-refractivity contribution is 14.0. The van der Waals surface area contributed by atoms with Gasteiger partial charge in [0.15, 0.2) is 15.8 Å². The summed E-state index contributed by atoms with van der Waals surface area (Å²) in [4.78, 5) is 4.56. The van der Waals surface area contributed by atoms with Crippen LogP contribution in [0.5, 0.6) is 5.75 Å². The molecule has 0 amide bonds. The van der Waals surface area contributed by atoms with Gasteiger partial charge in [0.05, 0.1) is 11.4 Å². The van der Waals surface area contributed by atoms with E-state index in [0.717, 1.165) is 16.9 Å². The van der Waals surface area contributed by atoms with Gasteiger partial charge in [-0.15, -0.1) is 24.0 Å². The quantitative estimate of drug-likeness (QED) is 0.248. The summed E-state index contributed by atoms with van der Waals surface area (Å²) < 4.78 is 29.2. The zero-order chi connectivity index (χ0) is 20.7. The van der Waals surface area contributed by atoms with E-state index in [1.54, 1.807) is 20.0 Å². The Hall–Kier alpha value is -1.81. The zero-order valence-corrected chi connectivity index (χ0v) is 20.7. The maximum absolute atomic E-state index is 11.7. The molecule has 0 aromatic heterocycles. The molecule has 160 valence electrons. The molecule has 0 saturated carbocycles. The lowest BCUT2D eigenvalue weighted by Crippen LogP contribution is -2.38. The SMILES string of the molecule is CN=C(NCCOc1cc(C)cc(C)c1)NCc1ccc(S(C)(=O)=O)c(C)c1.I. The number of aryl methyl sites for hydroxylation is 3. The van der Waals surface area contributed by atoms with E-state index in [2.05, 4.69) is 21.7 Å². The van der Waals surface area contributed by atoms with E-state index in [0.29, 0.717) is 30.6 Å². The number of guanidine groups is 1. The second-order valence-electron chi connectivity index (χ2n) is 6.90. The van der Waals surface area contributed by atoms with Crippen LogP contribution in [0.15, 0.2) is 46.3 Å². The molecule has 2 aromatic carbocycles. The summed E-state index contributed by atoms with van der Waals surface area (Å²) >= 11 is 0. The predicted molar refractivity (Wildman–Crippen MR) is 129 cm³/mol. The maximum Gasteiger partial charge on any atom is 0.191 e. The fraction of sp³-hybridized carbons (Fsp3) is 0.381. The fourth-order valence-corrected chi connectivity index (χ4v) is 3.96. The van der Waals surface area contributed by atoms with Crippen molar-refractivity contribution in [1.82, 2.24) is 10.6 Å². The van der Waals surface area contributed by atoms with Crippen molar-refractivity contribution in [1.29, 1.82) is 0 Å². The Morgan fingerprint density at radius 1 is 1.03 bits per heavy atom. The molecule has 8 heteroatoms. The van der Waals surface area contributed by atoms with Crippen molar-refractivity contribution in [2.75, 3.05) is 26.5 Å². The van der Waals surface area contributed by atoms with Gasteiger partial charge in [0, 0.05) is 19.8 Å². The third-order valence-electron chi connectivity index (χ3n) is 4.18. The average molecular weight is 531 g/mol. The molecule has 0 aliphatic rings. The van der Waals surface area contributed by atoms with Crippen LogP contribution >= 0.6 is 24.0 Å². The monoisotopic (exact) mass is 531 g/mol. The summed E-state index contributed by atoms with van der Waals surface area (Å²) in [6.45, 7) is 7.58. The van der Waals surface area contributed by atoms with E-state index in [1.807, 2.05) is 38.1 Å². The molecular formula is C21H30IN3O3S. The summed E-state index contributed by atoms with van der Waals surface area (Å²) in [5, 5.41) is 6.43. The van der Waals surface area contributed by atoms with Crippen LogP contribution in [-0.2, 0) is 16.4 Å². The highest BCUT2D eigenvalue weighted by Gasteiger charge is 2.11. The Kier molecular flexibility index (Phi) is 9.91. The summed E-state index contributed by atoms with van der Waals surface area (Å²) in [6.07, 6.45) is 1.22. The second-order valence-corrected chi connectivity index (χ2v) is 8.88. The van der Waals surface area contributed by atoms with Crippen molar-refractivity contribution in [2.45, 2.75) is 32.2 Å². The van der Waals surface area contributed by atoms with E-state index in [4.69, 9.17) is 4.74 Å². The number of rotatable bonds is 7. The van der Waals surface area contributed by atoms with Crippen molar-refractivity contribution in [3.05, 3.63) is 58.7 Å². The van der Waals surface area contributed by atoms with Crippen LogP contribution in [0.4, 0.5) is 0 Å².